The summed E-state index contributed by atoms with van der Waals surface area (Å²) >= 11 is 0. The van der Waals surface area contributed by atoms with E-state index >= 15 is 0 Å². The standard InChI is InChI=1S/C12H23N3O/c1-5-11(7-8-13)15(6-2)9-12(16)14-10(3)4/h10-11H,5-7,9H2,1-4H3,(H,14,16). The lowest BCUT2D eigenvalue weighted by molar-refractivity contribution is -0.123. The molecule has 0 rings (SSSR count). The van der Waals surface area contributed by atoms with Gasteiger partial charge < -0.3 is 5.32 Å². The number of hydrogen-bond acceptors (Lipinski definition) is 3. The van der Waals surface area contributed by atoms with Crippen LogP contribution in [0.4, 0.5) is 0 Å². The minimum atomic E-state index is 0.0354. The molecule has 0 aromatic rings. The van der Waals surface area contributed by atoms with Crippen LogP contribution in [0, 0.1) is 11.3 Å². The fourth-order valence-electron chi connectivity index (χ4n) is 1.69. The molecule has 0 heterocycles. The fraction of sp³-hybridized carbons (Fsp3) is 0.833. The van der Waals surface area contributed by atoms with E-state index < -0.39 is 0 Å². The normalized spacial score (nSPS) is 12.6. The molecule has 4 nitrogen and oxygen atoms in total. The fourth-order valence-corrected chi connectivity index (χ4v) is 1.69. The van der Waals surface area contributed by atoms with Crippen molar-refractivity contribution in [3.63, 3.8) is 0 Å². The Kier molecular flexibility index (Phi) is 7.57. The van der Waals surface area contributed by atoms with Crippen molar-refractivity contribution in [2.24, 2.45) is 0 Å². The van der Waals surface area contributed by atoms with E-state index in [-0.39, 0.29) is 18.0 Å². The molecule has 0 aliphatic carbocycles. The van der Waals surface area contributed by atoms with Gasteiger partial charge in [0.25, 0.3) is 0 Å². The molecular formula is C12H23N3O. The van der Waals surface area contributed by atoms with Gasteiger partial charge in [0, 0.05) is 12.1 Å². The largest absolute Gasteiger partial charge is 0.353 e. The smallest absolute Gasteiger partial charge is 0.234 e. The number of nitriles is 1. The number of likely N-dealkylation sites (N-methyl/N-ethyl adjacent to an activating group) is 1. The van der Waals surface area contributed by atoms with Gasteiger partial charge in [-0.3, -0.25) is 9.69 Å². The summed E-state index contributed by atoms with van der Waals surface area (Å²) in [5, 5.41) is 11.6. The van der Waals surface area contributed by atoms with Crippen LogP contribution >= 0.6 is 0 Å². The number of hydrogen-bond donors (Lipinski definition) is 1. The quantitative estimate of drug-likeness (QED) is 0.715. The summed E-state index contributed by atoms with van der Waals surface area (Å²) in [5.41, 5.74) is 0. The van der Waals surface area contributed by atoms with Gasteiger partial charge in [-0.1, -0.05) is 13.8 Å². The third kappa shape index (κ3) is 5.72. The second-order valence-electron chi connectivity index (χ2n) is 4.21. The zero-order valence-corrected chi connectivity index (χ0v) is 10.8. The molecule has 16 heavy (non-hydrogen) atoms. The number of nitrogens with one attached hydrogen (secondary N) is 1. The lowest BCUT2D eigenvalue weighted by Gasteiger charge is -2.27. The van der Waals surface area contributed by atoms with Crippen molar-refractivity contribution in [1.82, 2.24) is 10.2 Å². The van der Waals surface area contributed by atoms with E-state index in [9.17, 15) is 4.79 Å². The minimum Gasteiger partial charge on any atom is -0.353 e. The summed E-state index contributed by atoms with van der Waals surface area (Å²) in [6, 6.07) is 2.53. The molecule has 0 radical (unpaired) electrons. The molecule has 0 bridgehead atoms. The summed E-state index contributed by atoms with van der Waals surface area (Å²) < 4.78 is 0. The molecule has 0 aromatic heterocycles. The first-order valence-corrected chi connectivity index (χ1v) is 5.95. The Hall–Kier alpha value is -1.08. The van der Waals surface area contributed by atoms with E-state index in [1.165, 1.54) is 0 Å². The number of nitrogens with zero attached hydrogens (tertiary/aromatic N) is 2. The van der Waals surface area contributed by atoms with Crippen LogP contribution in [-0.4, -0.2) is 36.0 Å². The molecule has 0 spiro atoms. The highest BCUT2D eigenvalue weighted by molar-refractivity contribution is 5.78. The maximum absolute atomic E-state index is 11.6. The van der Waals surface area contributed by atoms with Crippen LogP contribution < -0.4 is 5.32 Å². The van der Waals surface area contributed by atoms with Gasteiger partial charge in [-0.25, -0.2) is 0 Å². The van der Waals surface area contributed by atoms with Gasteiger partial charge in [-0.2, -0.15) is 5.26 Å². The first-order valence-electron chi connectivity index (χ1n) is 5.95. The van der Waals surface area contributed by atoms with Crippen LogP contribution in [0.25, 0.3) is 0 Å². The summed E-state index contributed by atoms with van der Waals surface area (Å²) in [4.78, 5) is 13.7. The molecule has 92 valence electrons. The molecule has 0 aliphatic rings. The molecule has 0 fully saturated rings. The topological polar surface area (TPSA) is 56.1 Å². The molecule has 1 N–H and O–H groups in total. The molecule has 0 aromatic carbocycles. The molecule has 4 heteroatoms. The van der Waals surface area contributed by atoms with Crippen molar-refractivity contribution in [3.8, 4) is 6.07 Å². The third-order valence-electron chi connectivity index (χ3n) is 2.52. The SMILES string of the molecule is CCC(CC#N)N(CC)CC(=O)NC(C)C. The van der Waals surface area contributed by atoms with Crippen molar-refractivity contribution < 1.29 is 4.79 Å². The predicted octanol–water partition coefficient (Wildman–Crippen LogP) is 1.53. The van der Waals surface area contributed by atoms with Gasteiger partial charge >= 0.3 is 0 Å². The molecule has 0 saturated heterocycles. The van der Waals surface area contributed by atoms with E-state index in [4.69, 9.17) is 5.26 Å². The highest BCUT2D eigenvalue weighted by Crippen LogP contribution is 2.07. The van der Waals surface area contributed by atoms with Crippen LogP contribution in [0.1, 0.15) is 40.5 Å². The minimum absolute atomic E-state index is 0.0354. The zero-order valence-electron chi connectivity index (χ0n) is 10.8. The molecule has 0 aliphatic heterocycles. The first kappa shape index (κ1) is 14.9. The van der Waals surface area contributed by atoms with Crippen molar-refractivity contribution in [2.45, 2.75) is 52.6 Å². The Balaban J connectivity index is 4.27. The van der Waals surface area contributed by atoms with E-state index in [0.29, 0.717) is 13.0 Å². The van der Waals surface area contributed by atoms with Gasteiger partial charge in [0.2, 0.25) is 5.91 Å². The number of amides is 1. The van der Waals surface area contributed by atoms with Gasteiger partial charge in [-0.15, -0.1) is 0 Å². The second-order valence-corrected chi connectivity index (χ2v) is 4.21. The number of carbonyl (C=O) groups excluding carboxylic acids is 1. The molecule has 1 atom stereocenters. The van der Waals surface area contributed by atoms with Crippen LogP contribution in [0.3, 0.4) is 0 Å². The van der Waals surface area contributed by atoms with Gasteiger partial charge in [0.15, 0.2) is 0 Å². The Bertz CT molecular complexity index is 245. The Morgan fingerprint density at radius 1 is 1.44 bits per heavy atom. The summed E-state index contributed by atoms with van der Waals surface area (Å²) in [6.45, 7) is 9.13. The molecule has 1 amide bonds. The lowest BCUT2D eigenvalue weighted by atomic mass is 10.1. The van der Waals surface area contributed by atoms with Crippen LogP contribution in [-0.2, 0) is 4.79 Å². The number of rotatable bonds is 7. The van der Waals surface area contributed by atoms with Crippen LogP contribution in [0.5, 0.6) is 0 Å². The van der Waals surface area contributed by atoms with Gasteiger partial charge in [0.1, 0.15) is 0 Å². The monoisotopic (exact) mass is 225 g/mol. The highest BCUT2D eigenvalue weighted by atomic mass is 16.2. The first-order chi connectivity index (χ1) is 7.54. The Labute approximate surface area is 98.6 Å². The van der Waals surface area contributed by atoms with Gasteiger partial charge in [0.05, 0.1) is 19.0 Å². The van der Waals surface area contributed by atoms with Crippen LogP contribution in [0.2, 0.25) is 0 Å². The average Bonchev–Trinajstić information content (AvgIpc) is 2.22. The second kappa shape index (κ2) is 8.12. The molecule has 0 saturated carbocycles. The highest BCUT2D eigenvalue weighted by Gasteiger charge is 2.17. The summed E-state index contributed by atoms with van der Waals surface area (Å²) in [6.07, 6.45) is 1.38. The maximum atomic E-state index is 11.6. The summed E-state index contributed by atoms with van der Waals surface area (Å²) in [5.74, 6) is 0.0354. The van der Waals surface area contributed by atoms with Crippen LogP contribution in [0.15, 0.2) is 0 Å². The average molecular weight is 225 g/mol. The summed E-state index contributed by atoms with van der Waals surface area (Å²) in [7, 11) is 0. The lowest BCUT2D eigenvalue weighted by Crippen LogP contribution is -2.44. The Morgan fingerprint density at radius 2 is 2.06 bits per heavy atom. The Morgan fingerprint density at radius 3 is 2.44 bits per heavy atom. The van der Waals surface area contributed by atoms with Crippen molar-refractivity contribution >= 4 is 5.91 Å². The van der Waals surface area contributed by atoms with Crippen molar-refractivity contribution in [2.75, 3.05) is 13.1 Å². The van der Waals surface area contributed by atoms with E-state index in [1.807, 2.05) is 27.7 Å². The van der Waals surface area contributed by atoms with E-state index in [1.54, 1.807) is 0 Å². The van der Waals surface area contributed by atoms with E-state index in [2.05, 4.69) is 16.3 Å². The number of carbonyl (C=O) groups is 1. The maximum Gasteiger partial charge on any atom is 0.234 e. The third-order valence-corrected chi connectivity index (χ3v) is 2.52. The molecular weight excluding hydrogens is 202 g/mol. The van der Waals surface area contributed by atoms with E-state index in [0.717, 1.165) is 13.0 Å². The van der Waals surface area contributed by atoms with Crippen molar-refractivity contribution in [3.05, 3.63) is 0 Å². The van der Waals surface area contributed by atoms with Gasteiger partial charge in [-0.05, 0) is 26.8 Å². The molecule has 1 unspecified atom stereocenters. The van der Waals surface area contributed by atoms with Crippen molar-refractivity contribution in [1.29, 1.82) is 5.26 Å². The predicted molar refractivity (Wildman–Crippen MR) is 64.8 cm³/mol. The zero-order chi connectivity index (χ0) is 12.6.